The Balaban J connectivity index is 2.39. The predicted octanol–water partition coefficient (Wildman–Crippen LogP) is 0.00450. The molecule has 56 valence electrons. The molecule has 0 bridgehead atoms. The van der Waals surface area contributed by atoms with Crippen molar-refractivity contribution in [1.29, 1.82) is 0 Å². The van der Waals surface area contributed by atoms with Gasteiger partial charge in [-0.05, 0) is 13.0 Å². The first kappa shape index (κ1) is 7.08. The third-order valence-electron chi connectivity index (χ3n) is 1.11. The van der Waals surface area contributed by atoms with E-state index in [1.165, 1.54) is 6.21 Å². The van der Waals surface area contributed by atoms with E-state index in [0.717, 1.165) is 0 Å². The highest BCUT2D eigenvalue weighted by Gasteiger charge is 2.08. The minimum absolute atomic E-state index is 0.271. The molecule has 0 radical (unpaired) electrons. The van der Waals surface area contributed by atoms with E-state index in [4.69, 9.17) is 4.74 Å². The number of nitrogens with zero attached hydrogens (tertiary/aromatic N) is 1. The molecule has 4 nitrogen and oxygen atoms in total. The third kappa shape index (κ3) is 1.73. The molecule has 1 unspecified atom stereocenters. The van der Waals surface area contributed by atoms with Crippen molar-refractivity contribution in [1.82, 2.24) is 5.43 Å². The Morgan fingerprint density at radius 3 is 3.20 bits per heavy atom. The summed E-state index contributed by atoms with van der Waals surface area (Å²) < 4.78 is 5.09. The highest BCUT2D eigenvalue weighted by molar-refractivity contribution is 5.66. The SMILES string of the molecule is CCOC1C=CC=[N+]([O-])N1. The van der Waals surface area contributed by atoms with Crippen LogP contribution in [0.2, 0.25) is 0 Å². The monoisotopic (exact) mass is 142 g/mol. The Morgan fingerprint density at radius 1 is 1.80 bits per heavy atom. The van der Waals surface area contributed by atoms with Crippen molar-refractivity contribution in [2.75, 3.05) is 6.61 Å². The summed E-state index contributed by atoms with van der Waals surface area (Å²) in [6.07, 6.45) is 4.55. The lowest BCUT2D eigenvalue weighted by molar-refractivity contribution is -0.535. The molecule has 0 aromatic carbocycles. The van der Waals surface area contributed by atoms with E-state index in [0.29, 0.717) is 11.5 Å². The van der Waals surface area contributed by atoms with Crippen molar-refractivity contribution in [2.45, 2.75) is 13.2 Å². The number of hydrogen-bond donors (Lipinski definition) is 1. The fourth-order valence-corrected chi connectivity index (χ4v) is 0.713. The van der Waals surface area contributed by atoms with Gasteiger partial charge in [0.15, 0.2) is 6.23 Å². The highest BCUT2D eigenvalue weighted by atomic mass is 16.6. The molecule has 1 aliphatic rings. The van der Waals surface area contributed by atoms with Crippen LogP contribution >= 0.6 is 0 Å². The van der Waals surface area contributed by atoms with Crippen LogP contribution < -0.4 is 5.43 Å². The number of ether oxygens (including phenoxy) is 1. The summed E-state index contributed by atoms with van der Waals surface area (Å²) in [5.41, 5.74) is 2.53. The average Bonchev–Trinajstić information content (AvgIpc) is 1.88. The first-order chi connectivity index (χ1) is 4.83. The van der Waals surface area contributed by atoms with Gasteiger partial charge in [0.1, 0.15) is 0 Å². The lowest BCUT2D eigenvalue weighted by Crippen LogP contribution is -2.38. The normalized spacial score (nSPS) is 23.7. The van der Waals surface area contributed by atoms with Gasteiger partial charge in [0.25, 0.3) is 0 Å². The van der Waals surface area contributed by atoms with Gasteiger partial charge in [0.05, 0.1) is 0 Å². The van der Waals surface area contributed by atoms with Gasteiger partial charge in [-0.2, -0.15) is 5.43 Å². The molecule has 4 heteroatoms. The summed E-state index contributed by atoms with van der Waals surface area (Å²) in [6, 6.07) is 0. The first-order valence-corrected chi connectivity index (χ1v) is 3.18. The number of nitrogens with one attached hydrogen (secondary N) is 1. The number of hydrazone groups is 1. The van der Waals surface area contributed by atoms with Crippen molar-refractivity contribution in [3.05, 3.63) is 17.4 Å². The van der Waals surface area contributed by atoms with Crippen LogP contribution in [0.25, 0.3) is 0 Å². The molecule has 0 aliphatic carbocycles. The Bertz CT molecular complexity index is 165. The number of hydrazine groups is 1. The number of allylic oxidation sites excluding steroid dienone is 1. The van der Waals surface area contributed by atoms with E-state index in [1.54, 1.807) is 12.2 Å². The van der Waals surface area contributed by atoms with Crippen molar-refractivity contribution < 1.29 is 9.58 Å². The first-order valence-electron chi connectivity index (χ1n) is 3.18. The van der Waals surface area contributed by atoms with Gasteiger partial charge in [-0.3, -0.25) is 0 Å². The molecule has 0 aromatic heterocycles. The molecular weight excluding hydrogens is 132 g/mol. The van der Waals surface area contributed by atoms with Gasteiger partial charge < -0.3 is 9.94 Å². The molecule has 0 aromatic rings. The second-order valence-electron chi connectivity index (χ2n) is 1.86. The van der Waals surface area contributed by atoms with Crippen LogP contribution in [0, 0.1) is 5.21 Å². The molecule has 1 atom stereocenters. The zero-order valence-electron chi connectivity index (χ0n) is 5.78. The molecule has 10 heavy (non-hydrogen) atoms. The molecule has 1 heterocycles. The van der Waals surface area contributed by atoms with Crippen LogP contribution in [-0.2, 0) is 4.74 Å². The summed E-state index contributed by atoms with van der Waals surface area (Å²) in [7, 11) is 0. The van der Waals surface area contributed by atoms with Crippen molar-refractivity contribution in [3.8, 4) is 0 Å². The molecule has 1 aliphatic heterocycles. The standard InChI is InChI=1S/C6H10N2O2/c1-2-10-6-4-3-5-8(9)7-6/h3-7H,2H2,1H3. The van der Waals surface area contributed by atoms with Crippen molar-refractivity contribution >= 4 is 6.21 Å². The Kier molecular flexibility index (Phi) is 2.28. The quantitative estimate of drug-likeness (QED) is 0.436. The van der Waals surface area contributed by atoms with E-state index < -0.39 is 0 Å². The van der Waals surface area contributed by atoms with Crippen LogP contribution in [-0.4, -0.2) is 23.9 Å². The molecule has 1 N–H and O–H groups in total. The van der Waals surface area contributed by atoms with E-state index in [9.17, 15) is 5.21 Å². The van der Waals surface area contributed by atoms with Crippen LogP contribution in [0.15, 0.2) is 12.2 Å². The summed E-state index contributed by atoms with van der Waals surface area (Å²) >= 11 is 0. The second-order valence-corrected chi connectivity index (χ2v) is 1.86. The minimum Gasteiger partial charge on any atom is -0.596 e. The molecule has 0 saturated heterocycles. The van der Waals surface area contributed by atoms with Gasteiger partial charge in [-0.1, -0.05) is 4.85 Å². The number of rotatable bonds is 2. The van der Waals surface area contributed by atoms with Gasteiger partial charge >= 0.3 is 0 Å². The Hall–Kier alpha value is -1.03. The number of hydrogen-bond acceptors (Lipinski definition) is 3. The average molecular weight is 142 g/mol. The van der Waals surface area contributed by atoms with Gasteiger partial charge in [-0.25, -0.2) is 0 Å². The zero-order valence-corrected chi connectivity index (χ0v) is 5.78. The highest BCUT2D eigenvalue weighted by Crippen LogP contribution is 1.92. The summed E-state index contributed by atoms with van der Waals surface area (Å²) in [5.74, 6) is 0. The maximum Gasteiger partial charge on any atom is 0.206 e. The molecular formula is C6H10N2O2. The topological polar surface area (TPSA) is 47.3 Å². The lowest BCUT2D eigenvalue weighted by atomic mass is 10.4. The van der Waals surface area contributed by atoms with E-state index in [2.05, 4.69) is 5.43 Å². The van der Waals surface area contributed by atoms with Gasteiger partial charge in [-0.15, -0.1) is 0 Å². The molecule has 0 spiro atoms. The van der Waals surface area contributed by atoms with Crippen LogP contribution in [0.1, 0.15) is 6.92 Å². The lowest BCUT2D eigenvalue weighted by Gasteiger charge is -2.15. The maximum atomic E-state index is 10.6. The second kappa shape index (κ2) is 3.22. The summed E-state index contributed by atoms with van der Waals surface area (Å²) in [6.45, 7) is 2.47. The molecule has 1 rings (SSSR count). The minimum atomic E-state index is -0.271. The van der Waals surface area contributed by atoms with E-state index in [1.807, 2.05) is 6.92 Å². The fourth-order valence-electron chi connectivity index (χ4n) is 0.713. The third-order valence-corrected chi connectivity index (χ3v) is 1.11. The molecule has 0 fully saturated rings. The Morgan fingerprint density at radius 2 is 2.60 bits per heavy atom. The van der Waals surface area contributed by atoms with Crippen LogP contribution in [0.4, 0.5) is 0 Å². The molecule has 0 saturated carbocycles. The Labute approximate surface area is 59.4 Å². The van der Waals surface area contributed by atoms with Crippen LogP contribution in [0.3, 0.4) is 0 Å². The molecule has 0 amide bonds. The van der Waals surface area contributed by atoms with Crippen LogP contribution in [0.5, 0.6) is 0 Å². The summed E-state index contributed by atoms with van der Waals surface area (Å²) in [4.78, 5) is 0.625. The summed E-state index contributed by atoms with van der Waals surface area (Å²) in [5, 5.41) is 10.6. The zero-order chi connectivity index (χ0) is 7.40. The van der Waals surface area contributed by atoms with Gasteiger partial charge in [0, 0.05) is 12.7 Å². The largest absolute Gasteiger partial charge is 0.596 e. The van der Waals surface area contributed by atoms with E-state index >= 15 is 0 Å². The maximum absolute atomic E-state index is 10.6. The van der Waals surface area contributed by atoms with Crippen molar-refractivity contribution in [3.63, 3.8) is 0 Å². The smallest absolute Gasteiger partial charge is 0.206 e. The van der Waals surface area contributed by atoms with Gasteiger partial charge in [0.2, 0.25) is 6.21 Å². The van der Waals surface area contributed by atoms with Crippen molar-refractivity contribution in [2.24, 2.45) is 0 Å². The fraction of sp³-hybridized carbons (Fsp3) is 0.500. The predicted molar refractivity (Wildman–Crippen MR) is 37.4 cm³/mol. The van der Waals surface area contributed by atoms with E-state index in [-0.39, 0.29) is 6.23 Å².